The minimum Gasteiger partial charge on any atom is -0.508 e. The van der Waals surface area contributed by atoms with Gasteiger partial charge in [0.2, 0.25) is 0 Å². The van der Waals surface area contributed by atoms with Gasteiger partial charge in [-0.3, -0.25) is 0 Å². The smallest absolute Gasteiger partial charge is 0.115 e. The lowest BCUT2D eigenvalue weighted by molar-refractivity contribution is 0.0735. The van der Waals surface area contributed by atoms with Crippen LogP contribution in [0.15, 0.2) is 24.3 Å². The van der Waals surface area contributed by atoms with E-state index in [0.717, 1.165) is 25.0 Å². The van der Waals surface area contributed by atoms with Gasteiger partial charge in [0.15, 0.2) is 0 Å². The molecule has 18 heavy (non-hydrogen) atoms. The Balaban J connectivity index is 1.98. The molecule has 2 N–H and O–H groups in total. The molecular formula is C15H23NO2. The van der Waals surface area contributed by atoms with Crippen molar-refractivity contribution in [1.82, 2.24) is 5.32 Å². The van der Waals surface area contributed by atoms with Gasteiger partial charge in [-0.05, 0) is 43.9 Å². The zero-order chi connectivity index (χ0) is 13.0. The second-order valence-electron chi connectivity index (χ2n) is 5.05. The van der Waals surface area contributed by atoms with Crippen molar-refractivity contribution in [3.05, 3.63) is 29.8 Å². The minimum absolute atomic E-state index is 0.228. The Kier molecular flexibility index (Phi) is 4.61. The van der Waals surface area contributed by atoms with Gasteiger partial charge in [-0.2, -0.15) is 0 Å². The van der Waals surface area contributed by atoms with Crippen LogP contribution in [0.1, 0.15) is 44.7 Å². The highest BCUT2D eigenvalue weighted by molar-refractivity contribution is 5.29. The van der Waals surface area contributed by atoms with Gasteiger partial charge in [-0.15, -0.1) is 0 Å². The van der Waals surface area contributed by atoms with Crippen LogP contribution in [0.2, 0.25) is 0 Å². The van der Waals surface area contributed by atoms with Gasteiger partial charge in [0, 0.05) is 18.7 Å². The molecule has 3 nitrogen and oxygen atoms in total. The van der Waals surface area contributed by atoms with E-state index < -0.39 is 0 Å². The summed E-state index contributed by atoms with van der Waals surface area (Å²) >= 11 is 0. The number of aromatic hydroxyl groups is 1. The van der Waals surface area contributed by atoms with Crippen LogP contribution in [-0.2, 0) is 4.74 Å². The van der Waals surface area contributed by atoms with Gasteiger partial charge < -0.3 is 15.2 Å². The molecule has 0 spiro atoms. The van der Waals surface area contributed by atoms with Gasteiger partial charge in [-0.25, -0.2) is 0 Å². The molecule has 0 aromatic heterocycles. The second kappa shape index (κ2) is 6.21. The lowest BCUT2D eigenvalue weighted by atomic mass is 10.0. The topological polar surface area (TPSA) is 41.5 Å². The molecule has 1 aromatic rings. The van der Waals surface area contributed by atoms with Crippen molar-refractivity contribution in [2.45, 2.75) is 51.3 Å². The maximum absolute atomic E-state index is 9.51. The van der Waals surface area contributed by atoms with Crippen molar-refractivity contribution >= 4 is 0 Å². The average Bonchev–Trinajstić information content (AvgIpc) is 2.89. The molecule has 0 aliphatic carbocycles. The summed E-state index contributed by atoms with van der Waals surface area (Å²) in [6.07, 6.45) is 3.73. The molecular weight excluding hydrogens is 226 g/mol. The Hall–Kier alpha value is -1.06. The molecule has 1 aromatic carbocycles. The molecule has 1 aliphatic rings. The van der Waals surface area contributed by atoms with Crippen LogP contribution >= 0.6 is 0 Å². The normalized spacial score (nSPS) is 22.9. The Morgan fingerprint density at radius 2 is 2.33 bits per heavy atom. The van der Waals surface area contributed by atoms with Gasteiger partial charge >= 0.3 is 0 Å². The monoisotopic (exact) mass is 249 g/mol. The summed E-state index contributed by atoms with van der Waals surface area (Å²) in [5.74, 6) is 0.325. The van der Waals surface area contributed by atoms with Crippen LogP contribution < -0.4 is 5.32 Å². The van der Waals surface area contributed by atoms with Gasteiger partial charge in [-0.1, -0.05) is 19.1 Å². The molecule has 1 aliphatic heterocycles. The van der Waals surface area contributed by atoms with Crippen LogP contribution in [0.4, 0.5) is 0 Å². The first-order valence-corrected chi connectivity index (χ1v) is 6.87. The summed E-state index contributed by atoms with van der Waals surface area (Å²) < 4.78 is 5.75. The fourth-order valence-electron chi connectivity index (χ4n) is 2.62. The summed E-state index contributed by atoms with van der Waals surface area (Å²) in [6, 6.07) is 8.07. The third kappa shape index (κ3) is 3.24. The van der Waals surface area contributed by atoms with E-state index >= 15 is 0 Å². The predicted molar refractivity (Wildman–Crippen MR) is 72.7 cm³/mol. The molecule has 0 bridgehead atoms. The second-order valence-corrected chi connectivity index (χ2v) is 5.05. The number of hydrogen-bond acceptors (Lipinski definition) is 3. The van der Waals surface area contributed by atoms with Crippen LogP contribution in [0, 0.1) is 0 Å². The molecule has 1 fully saturated rings. The molecule has 0 amide bonds. The number of nitrogens with one attached hydrogen (secondary N) is 1. The maximum Gasteiger partial charge on any atom is 0.115 e. The quantitative estimate of drug-likeness (QED) is 0.843. The summed E-state index contributed by atoms with van der Waals surface area (Å²) in [7, 11) is 0. The van der Waals surface area contributed by atoms with E-state index in [4.69, 9.17) is 4.74 Å². The summed E-state index contributed by atoms with van der Waals surface area (Å²) in [4.78, 5) is 0. The standard InChI is InChI=1S/C15H23NO2/c1-3-14(15-8-5-9-18-15)16-11(2)12-6-4-7-13(17)10-12/h4,6-7,10-11,14-17H,3,5,8-9H2,1-2H3/t11-,14+,15+/m1/s1. The lowest BCUT2D eigenvalue weighted by Gasteiger charge is -2.27. The fraction of sp³-hybridized carbons (Fsp3) is 0.600. The highest BCUT2D eigenvalue weighted by Gasteiger charge is 2.25. The van der Waals surface area contributed by atoms with E-state index in [9.17, 15) is 5.11 Å². The number of phenolic OH excluding ortho intramolecular Hbond substituents is 1. The zero-order valence-electron chi connectivity index (χ0n) is 11.2. The zero-order valence-corrected chi connectivity index (χ0v) is 11.2. The molecule has 0 saturated carbocycles. The summed E-state index contributed by atoms with van der Waals surface area (Å²) in [6.45, 7) is 5.21. The molecule has 3 atom stereocenters. The number of phenols is 1. The van der Waals surface area contributed by atoms with Crippen LogP contribution in [0.5, 0.6) is 5.75 Å². The molecule has 1 saturated heterocycles. The highest BCUT2D eigenvalue weighted by atomic mass is 16.5. The third-order valence-electron chi connectivity index (χ3n) is 3.69. The minimum atomic E-state index is 0.228. The molecule has 0 radical (unpaired) electrons. The Morgan fingerprint density at radius 1 is 1.50 bits per heavy atom. The first-order valence-electron chi connectivity index (χ1n) is 6.87. The van der Waals surface area contributed by atoms with Crippen molar-refractivity contribution in [1.29, 1.82) is 0 Å². The van der Waals surface area contributed by atoms with Crippen molar-refractivity contribution in [2.75, 3.05) is 6.61 Å². The number of ether oxygens (including phenoxy) is 1. The molecule has 3 heteroatoms. The van der Waals surface area contributed by atoms with Gasteiger partial charge in [0.05, 0.1) is 6.10 Å². The SMILES string of the molecule is CC[C@H](N[C@H](C)c1cccc(O)c1)[C@@H]1CCCO1. The largest absolute Gasteiger partial charge is 0.508 e. The highest BCUT2D eigenvalue weighted by Crippen LogP contribution is 2.22. The lowest BCUT2D eigenvalue weighted by Crippen LogP contribution is -2.40. The van der Waals surface area contributed by atoms with Crippen LogP contribution in [-0.4, -0.2) is 23.9 Å². The van der Waals surface area contributed by atoms with Gasteiger partial charge in [0.25, 0.3) is 0 Å². The van der Waals surface area contributed by atoms with E-state index in [-0.39, 0.29) is 6.04 Å². The third-order valence-corrected chi connectivity index (χ3v) is 3.69. The number of rotatable bonds is 5. The van der Waals surface area contributed by atoms with Crippen molar-refractivity contribution in [3.63, 3.8) is 0 Å². The summed E-state index contributed by atoms with van der Waals surface area (Å²) in [5.41, 5.74) is 1.12. The van der Waals surface area contributed by atoms with E-state index in [0.29, 0.717) is 17.9 Å². The Bertz CT molecular complexity index is 375. The van der Waals surface area contributed by atoms with E-state index in [1.165, 1.54) is 6.42 Å². The first-order chi connectivity index (χ1) is 8.70. The fourth-order valence-corrected chi connectivity index (χ4v) is 2.62. The molecule has 0 unspecified atom stereocenters. The maximum atomic E-state index is 9.51. The predicted octanol–water partition coefficient (Wildman–Crippen LogP) is 3.00. The van der Waals surface area contributed by atoms with E-state index in [1.54, 1.807) is 6.07 Å². The Labute approximate surface area is 109 Å². The first kappa shape index (κ1) is 13.4. The van der Waals surface area contributed by atoms with E-state index in [2.05, 4.69) is 19.2 Å². The Morgan fingerprint density at radius 3 is 2.94 bits per heavy atom. The van der Waals surface area contributed by atoms with Crippen molar-refractivity contribution < 1.29 is 9.84 Å². The van der Waals surface area contributed by atoms with Gasteiger partial charge in [0.1, 0.15) is 5.75 Å². The molecule has 100 valence electrons. The summed E-state index contributed by atoms with van der Waals surface area (Å²) in [5, 5.41) is 13.1. The van der Waals surface area contributed by atoms with Crippen LogP contribution in [0.25, 0.3) is 0 Å². The van der Waals surface area contributed by atoms with Crippen molar-refractivity contribution in [3.8, 4) is 5.75 Å². The van der Waals surface area contributed by atoms with E-state index in [1.807, 2.05) is 18.2 Å². The molecule has 1 heterocycles. The average molecular weight is 249 g/mol. The van der Waals surface area contributed by atoms with Crippen LogP contribution in [0.3, 0.4) is 0 Å². The number of benzene rings is 1. The van der Waals surface area contributed by atoms with Crippen molar-refractivity contribution in [2.24, 2.45) is 0 Å². The number of hydrogen-bond donors (Lipinski definition) is 2. The molecule has 2 rings (SSSR count).